The zero-order valence-electron chi connectivity index (χ0n) is 10.5. The Morgan fingerprint density at radius 1 is 1.00 bits per heavy atom. The summed E-state index contributed by atoms with van der Waals surface area (Å²) in [6.45, 7) is 15.4. The van der Waals surface area contributed by atoms with Crippen LogP contribution in [0.25, 0.3) is 0 Å². The van der Waals surface area contributed by atoms with Crippen LogP contribution in [0, 0.1) is 0 Å². The molecule has 0 aliphatic rings. The molecule has 0 bridgehead atoms. The molecule has 0 unspecified atom stereocenters. The van der Waals surface area contributed by atoms with E-state index in [0.717, 1.165) is 5.71 Å². The highest BCUT2D eigenvalue weighted by atomic mass is 28.4. The fraction of sp³-hybridized carbons (Fsp3) is 0.889. The lowest BCUT2D eigenvalue weighted by atomic mass is 10.5. The van der Waals surface area contributed by atoms with E-state index in [1.165, 1.54) is 0 Å². The first-order valence-corrected chi connectivity index (χ1v) is 11.8. The van der Waals surface area contributed by atoms with Crippen molar-refractivity contribution in [3.8, 4) is 0 Å². The first kappa shape index (κ1) is 13.9. The highest BCUT2D eigenvalue weighted by Gasteiger charge is 2.17. The first-order chi connectivity index (χ1) is 6.10. The molecule has 0 N–H and O–H groups in total. The lowest BCUT2D eigenvalue weighted by Gasteiger charge is -2.18. The maximum absolute atomic E-state index is 5.70. The van der Waals surface area contributed by atoms with E-state index in [4.69, 9.17) is 8.95 Å². The summed E-state index contributed by atoms with van der Waals surface area (Å²) in [7, 11) is -2.95. The van der Waals surface area contributed by atoms with Gasteiger partial charge < -0.3 is 8.95 Å². The van der Waals surface area contributed by atoms with Crippen LogP contribution in [0.1, 0.15) is 6.92 Å². The predicted octanol–water partition coefficient (Wildman–Crippen LogP) is 3.07. The maximum Gasteiger partial charge on any atom is 0.278 e. The summed E-state index contributed by atoms with van der Waals surface area (Å²) < 4.78 is 11.1. The van der Waals surface area contributed by atoms with E-state index in [2.05, 4.69) is 44.4 Å². The summed E-state index contributed by atoms with van der Waals surface area (Å²) in [5.74, 6) is 0. The third-order valence-corrected chi connectivity index (χ3v) is 2.84. The Balaban J connectivity index is 3.91. The van der Waals surface area contributed by atoms with E-state index in [-0.39, 0.29) is 0 Å². The van der Waals surface area contributed by atoms with Crippen LogP contribution in [0.5, 0.6) is 0 Å². The molecular formula is C9H23NO2Si2. The molecule has 0 aromatic heterocycles. The van der Waals surface area contributed by atoms with E-state index in [1.54, 1.807) is 0 Å². The molecule has 0 amide bonds. The number of hydrogen-bond donors (Lipinski definition) is 0. The highest BCUT2D eigenvalue weighted by Crippen LogP contribution is 2.05. The lowest BCUT2D eigenvalue weighted by Crippen LogP contribution is -2.29. The second kappa shape index (κ2) is 5.09. The van der Waals surface area contributed by atoms with E-state index >= 15 is 0 Å². The number of oxime groups is 1. The van der Waals surface area contributed by atoms with Gasteiger partial charge in [-0.05, 0) is 46.2 Å². The largest absolute Gasteiger partial charge is 0.456 e. The van der Waals surface area contributed by atoms with Crippen LogP contribution in [0.2, 0.25) is 39.3 Å². The number of nitrogens with zero attached hydrogens (tertiary/aromatic N) is 1. The second-order valence-corrected chi connectivity index (χ2v) is 14.4. The molecule has 0 saturated carbocycles. The molecule has 3 nitrogen and oxygen atoms in total. The van der Waals surface area contributed by atoms with Crippen molar-refractivity contribution in [2.24, 2.45) is 5.16 Å². The molecule has 0 saturated heterocycles. The van der Waals surface area contributed by atoms with Crippen LogP contribution in [0.15, 0.2) is 5.16 Å². The summed E-state index contributed by atoms with van der Waals surface area (Å²) in [5.41, 5.74) is 0.926. The quantitative estimate of drug-likeness (QED) is 0.415. The van der Waals surface area contributed by atoms with E-state index in [0.29, 0.717) is 6.61 Å². The van der Waals surface area contributed by atoms with Crippen LogP contribution in [-0.2, 0) is 8.95 Å². The molecule has 0 aliphatic carbocycles. The minimum atomic E-state index is -1.53. The fourth-order valence-electron chi connectivity index (χ4n) is 0.562. The zero-order valence-corrected chi connectivity index (χ0v) is 12.5. The Bertz CT molecular complexity index is 204. The Kier molecular flexibility index (Phi) is 5.04. The van der Waals surface area contributed by atoms with Gasteiger partial charge in [0, 0.05) is 0 Å². The van der Waals surface area contributed by atoms with Gasteiger partial charge in [-0.15, -0.1) is 5.16 Å². The maximum atomic E-state index is 5.70. The molecular weight excluding hydrogens is 210 g/mol. The van der Waals surface area contributed by atoms with Crippen LogP contribution >= 0.6 is 0 Å². The molecule has 84 valence electrons. The van der Waals surface area contributed by atoms with E-state index in [1.807, 2.05) is 6.92 Å². The molecule has 14 heavy (non-hydrogen) atoms. The Hall–Kier alpha value is -0.136. The van der Waals surface area contributed by atoms with Crippen LogP contribution in [0.4, 0.5) is 0 Å². The van der Waals surface area contributed by atoms with Crippen LogP contribution < -0.4 is 0 Å². The SMILES string of the molecule is C/C(CO[Si](C)(C)C)=N\O[Si](C)(C)C. The average Bonchev–Trinajstić information content (AvgIpc) is 1.94. The monoisotopic (exact) mass is 233 g/mol. The molecule has 0 aromatic rings. The van der Waals surface area contributed by atoms with Gasteiger partial charge in [0.2, 0.25) is 0 Å². The van der Waals surface area contributed by atoms with Crippen molar-refractivity contribution in [2.75, 3.05) is 6.61 Å². The van der Waals surface area contributed by atoms with Gasteiger partial charge in [-0.2, -0.15) is 0 Å². The van der Waals surface area contributed by atoms with Gasteiger partial charge in [0.25, 0.3) is 8.32 Å². The molecule has 0 aromatic carbocycles. The van der Waals surface area contributed by atoms with Crippen LogP contribution in [-0.4, -0.2) is 29.0 Å². The minimum Gasteiger partial charge on any atom is -0.456 e. The van der Waals surface area contributed by atoms with Crippen molar-refractivity contribution in [2.45, 2.75) is 46.2 Å². The van der Waals surface area contributed by atoms with Gasteiger partial charge in [0.05, 0.1) is 12.3 Å². The van der Waals surface area contributed by atoms with Crippen molar-refractivity contribution in [3.63, 3.8) is 0 Å². The predicted molar refractivity (Wildman–Crippen MR) is 66.8 cm³/mol. The van der Waals surface area contributed by atoms with Crippen LogP contribution in [0.3, 0.4) is 0 Å². The Morgan fingerprint density at radius 2 is 1.50 bits per heavy atom. The molecule has 0 rings (SSSR count). The third kappa shape index (κ3) is 9.95. The standard InChI is InChI=1S/C9H23NO2Si2/c1-9(8-11-13(2,3)4)10-12-14(5,6)7/h8H2,1-7H3/b10-9+. The van der Waals surface area contributed by atoms with Gasteiger partial charge in [0.15, 0.2) is 8.32 Å². The van der Waals surface area contributed by atoms with E-state index < -0.39 is 16.6 Å². The number of hydrogen-bond acceptors (Lipinski definition) is 3. The average molecular weight is 233 g/mol. The molecule has 0 atom stereocenters. The normalized spacial score (nSPS) is 14.4. The zero-order chi connectivity index (χ0) is 11.4. The summed E-state index contributed by atoms with van der Waals surface area (Å²) >= 11 is 0. The smallest absolute Gasteiger partial charge is 0.278 e. The van der Waals surface area contributed by atoms with Crippen molar-refractivity contribution in [3.05, 3.63) is 0 Å². The summed E-state index contributed by atoms with van der Waals surface area (Å²) in [5, 5.41) is 4.07. The van der Waals surface area contributed by atoms with Crippen molar-refractivity contribution in [1.29, 1.82) is 0 Å². The Morgan fingerprint density at radius 3 is 1.86 bits per heavy atom. The highest BCUT2D eigenvalue weighted by molar-refractivity contribution is 6.70. The number of rotatable bonds is 5. The molecule has 5 heteroatoms. The minimum absolute atomic E-state index is 0.597. The third-order valence-electron chi connectivity index (χ3n) is 1.19. The second-order valence-electron chi connectivity index (χ2n) is 5.43. The van der Waals surface area contributed by atoms with Crippen molar-refractivity contribution >= 4 is 22.3 Å². The molecule has 0 spiro atoms. The van der Waals surface area contributed by atoms with Gasteiger partial charge >= 0.3 is 0 Å². The van der Waals surface area contributed by atoms with Gasteiger partial charge in [-0.25, -0.2) is 0 Å². The Labute approximate surface area is 89.7 Å². The lowest BCUT2D eigenvalue weighted by molar-refractivity contribution is 0.319. The summed E-state index contributed by atoms with van der Waals surface area (Å²) in [6, 6.07) is 0. The summed E-state index contributed by atoms with van der Waals surface area (Å²) in [6.07, 6.45) is 0. The molecule has 0 aliphatic heterocycles. The molecule has 0 radical (unpaired) electrons. The summed E-state index contributed by atoms with van der Waals surface area (Å²) in [4.78, 5) is 0. The molecule has 0 heterocycles. The van der Waals surface area contributed by atoms with E-state index in [9.17, 15) is 0 Å². The molecule has 0 fully saturated rings. The topological polar surface area (TPSA) is 30.8 Å². The van der Waals surface area contributed by atoms with Crippen molar-refractivity contribution < 1.29 is 8.95 Å². The van der Waals surface area contributed by atoms with Gasteiger partial charge in [0.1, 0.15) is 0 Å². The first-order valence-electron chi connectivity index (χ1n) is 4.96. The van der Waals surface area contributed by atoms with Gasteiger partial charge in [-0.3, -0.25) is 0 Å². The van der Waals surface area contributed by atoms with Crippen molar-refractivity contribution in [1.82, 2.24) is 0 Å². The fourth-order valence-corrected chi connectivity index (χ4v) is 1.63. The van der Waals surface area contributed by atoms with Gasteiger partial charge in [-0.1, -0.05) is 0 Å².